The zero-order chi connectivity index (χ0) is 17.3. The van der Waals surface area contributed by atoms with Crippen molar-refractivity contribution in [1.29, 1.82) is 0 Å². The third kappa shape index (κ3) is 3.79. The Bertz CT molecular complexity index is 617. The number of amides is 2. The van der Waals surface area contributed by atoms with Crippen LogP contribution in [0.1, 0.15) is 57.1 Å². The molecule has 24 heavy (non-hydrogen) atoms. The third-order valence-corrected chi connectivity index (χ3v) is 4.57. The molecule has 0 bridgehead atoms. The molecule has 0 atom stereocenters. The van der Waals surface area contributed by atoms with Gasteiger partial charge in [-0.2, -0.15) is 0 Å². The highest BCUT2D eigenvalue weighted by atomic mass is 16.2. The molecule has 0 aliphatic carbocycles. The molecule has 0 unspecified atom stereocenters. The van der Waals surface area contributed by atoms with Gasteiger partial charge in [0.15, 0.2) is 0 Å². The van der Waals surface area contributed by atoms with Crippen molar-refractivity contribution in [2.24, 2.45) is 0 Å². The van der Waals surface area contributed by atoms with Gasteiger partial charge in [0.05, 0.1) is 12.2 Å². The maximum absolute atomic E-state index is 12.5. The molecule has 1 aromatic heterocycles. The molecule has 0 saturated carbocycles. The van der Waals surface area contributed by atoms with Crippen molar-refractivity contribution in [1.82, 2.24) is 20.2 Å². The Labute approximate surface area is 144 Å². The van der Waals surface area contributed by atoms with Crippen LogP contribution in [0.25, 0.3) is 0 Å². The molecule has 1 aromatic rings. The topological polar surface area (TPSA) is 61.4 Å². The van der Waals surface area contributed by atoms with Gasteiger partial charge in [-0.05, 0) is 47.0 Å². The Morgan fingerprint density at radius 2 is 1.79 bits per heavy atom. The lowest BCUT2D eigenvalue weighted by molar-refractivity contribution is 0.183. The average molecular weight is 331 g/mol. The molecule has 1 saturated heterocycles. The fourth-order valence-corrected chi connectivity index (χ4v) is 3.46. The molecule has 0 spiro atoms. The summed E-state index contributed by atoms with van der Waals surface area (Å²) >= 11 is 0. The summed E-state index contributed by atoms with van der Waals surface area (Å²) in [5.74, 6) is 1.88. The molecule has 132 valence electrons. The summed E-state index contributed by atoms with van der Waals surface area (Å²) in [4.78, 5) is 26.2. The van der Waals surface area contributed by atoms with Crippen LogP contribution in [0.2, 0.25) is 0 Å². The number of urea groups is 1. The molecular weight excluding hydrogens is 302 g/mol. The van der Waals surface area contributed by atoms with Crippen LogP contribution in [-0.4, -0.2) is 46.1 Å². The molecule has 2 aliphatic heterocycles. The highest BCUT2D eigenvalue weighted by Gasteiger charge is 2.29. The number of fused-ring (bicyclic) bond motifs is 1. The molecular formula is C18H29N5O. The first-order valence-electron chi connectivity index (χ1n) is 9.02. The minimum Gasteiger partial charge on any atom is -0.356 e. The number of nitrogens with zero attached hydrogens (tertiary/aromatic N) is 4. The van der Waals surface area contributed by atoms with Crippen molar-refractivity contribution in [3.05, 3.63) is 17.1 Å². The van der Waals surface area contributed by atoms with E-state index in [0.717, 1.165) is 42.4 Å². The molecule has 3 heterocycles. The van der Waals surface area contributed by atoms with E-state index in [-0.39, 0.29) is 11.6 Å². The van der Waals surface area contributed by atoms with Crippen LogP contribution in [0.15, 0.2) is 0 Å². The number of carbonyl (C=O) groups excluding carboxylic acids is 1. The number of aromatic nitrogens is 2. The number of anilines is 1. The van der Waals surface area contributed by atoms with E-state index < -0.39 is 0 Å². The molecule has 1 fully saturated rings. The number of carbonyl (C=O) groups is 1. The standard InChI is InChI=1S/C18H29N5O/c1-13-19-15-8-11-23(17(24)21-18(2,3)4)12-14(15)16(20-13)22-9-6-5-7-10-22/h5-12H2,1-4H3,(H,21,24). The summed E-state index contributed by atoms with van der Waals surface area (Å²) in [5, 5.41) is 3.06. The van der Waals surface area contributed by atoms with Gasteiger partial charge in [-0.1, -0.05) is 0 Å². The summed E-state index contributed by atoms with van der Waals surface area (Å²) in [7, 11) is 0. The highest BCUT2D eigenvalue weighted by Crippen LogP contribution is 2.28. The maximum atomic E-state index is 12.5. The van der Waals surface area contributed by atoms with Crippen molar-refractivity contribution in [3.8, 4) is 0 Å². The predicted octanol–water partition coefficient (Wildman–Crippen LogP) is 2.64. The first-order chi connectivity index (χ1) is 11.3. The number of nitrogens with one attached hydrogen (secondary N) is 1. The zero-order valence-electron chi connectivity index (χ0n) is 15.4. The van der Waals surface area contributed by atoms with Crippen molar-refractivity contribution in [2.75, 3.05) is 24.5 Å². The molecule has 1 N–H and O–H groups in total. The lowest BCUT2D eigenvalue weighted by atomic mass is 10.0. The van der Waals surface area contributed by atoms with Gasteiger partial charge in [0.2, 0.25) is 0 Å². The summed E-state index contributed by atoms with van der Waals surface area (Å²) in [6.45, 7) is 11.4. The zero-order valence-corrected chi connectivity index (χ0v) is 15.4. The molecule has 3 rings (SSSR count). The fraction of sp³-hybridized carbons (Fsp3) is 0.722. The summed E-state index contributed by atoms with van der Waals surface area (Å²) in [6.07, 6.45) is 4.53. The maximum Gasteiger partial charge on any atom is 0.318 e. The number of aryl methyl sites for hydroxylation is 1. The van der Waals surface area contributed by atoms with Crippen LogP contribution in [0.5, 0.6) is 0 Å². The summed E-state index contributed by atoms with van der Waals surface area (Å²) < 4.78 is 0. The van der Waals surface area contributed by atoms with E-state index in [1.54, 1.807) is 0 Å². The van der Waals surface area contributed by atoms with Crippen LogP contribution in [-0.2, 0) is 13.0 Å². The second-order valence-corrected chi connectivity index (χ2v) is 7.92. The van der Waals surface area contributed by atoms with Gasteiger partial charge in [0.1, 0.15) is 11.6 Å². The number of hydrogen-bond donors (Lipinski definition) is 1. The van der Waals surface area contributed by atoms with Gasteiger partial charge in [-0.25, -0.2) is 14.8 Å². The molecule has 2 amide bonds. The Morgan fingerprint density at radius 3 is 2.46 bits per heavy atom. The lowest BCUT2D eigenvalue weighted by Crippen LogP contribution is -2.50. The third-order valence-electron chi connectivity index (χ3n) is 4.57. The summed E-state index contributed by atoms with van der Waals surface area (Å²) in [5.41, 5.74) is 2.03. The van der Waals surface area contributed by atoms with Crippen LogP contribution in [0.3, 0.4) is 0 Å². The highest BCUT2D eigenvalue weighted by molar-refractivity contribution is 5.75. The van der Waals surface area contributed by atoms with Crippen molar-refractivity contribution in [3.63, 3.8) is 0 Å². The van der Waals surface area contributed by atoms with Crippen molar-refractivity contribution in [2.45, 2.75) is 65.5 Å². The van der Waals surface area contributed by atoms with Crippen molar-refractivity contribution < 1.29 is 4.79 Å². The smallest absolute Gasteiger partial charge is 0.318 e. The van der Waals surface area contributed by atoms with Gasteiger partial charge in [-0.15, -0.1) is 0 Å². The average Bonchev–Trinajstić information content (AvgIpc) is 2.53. The Kier molecular flexibility index (Phi) is 4.65. The Balaban J connectivity index is 1.85. The monoisotopic (exact) mass is 331 g/mol. The van der Waals surface area contributed by atoms with Gasteiger partial charge >= 0.3 is 6.03 Å². The predicted molar refractivity (Wildman–Crippen MR) is 95.2 cm³/mol. The second kappa shape index (κ2) is 6.57. The van der Waals surface area contributed by atoms with Crippen LogP contribution in [0.4, 0.5) is 10.6 Å². The minimum atomic E-state index is -0.225. The van der Waals surface area contributed by atoms with Gasteiger partial charge < -0.3 is 15.1 Å². The van der Waals surface area contributed by atoms with Gasteiger partial charge in [0, 0.05) is 37.2 Å². The molecule has 2 aliphatic rings. The van der Waals surface area contributed by atoms with E-state index in [4.69, 9.17) is 4.98 Å². The number of piperidine rings is 1. The molecule has 0 radical (unpaired) electrons. The summed E-state index contributed by atoms with van der Waals surface area (Å²) in [6, 6.07) is -0.00156. The SMILES string of the molecule is Cc1nc2c(c(N3CCCCC3)n1)CN(C(=O)NC(C)(C)C)CC2. The van der Waals surface area contributed by atoms with Crippen LogP contribution < -0.4 is 10.2 Å². The fourth-order valence-electron chi connectivity index (χ4n) is 3.46. The van der Waals surface area contributed by atoms with E-state index in [9.17, 15) is 4.79 Å². The van der Waals surface area contributed by atoms with E-state index in [1.165, 1.54) is 19.3 Å². The normalized spacial score (nSPS) is 18.3. The van der Waals surface area contributed by atoms with Crippen molar-refractivity contribution >= 4 is 11.8 Å². The number of hydrogen-bond acceptors (Lipinski definition) is 4. The largest absolute Gasteiger partial charge is 0.356 e. The van der Waals surface area contributed by atoms with Crippen LogP contribution >= 0.6 is 0 Å². The second-order valence-electron chi connectivity index (χ2n) is 7.92. The molecule has 6 heteroatoms. The molecule has 6 nitrogen and oxygen atoms in total. The quantitative estimate of drug-likeness (QED) is 0.859. The number of rotatable bonds is 1. The van der Waals surface area contributed by atoms with E-state index >= 15 is 0 Å². The lowest BCUT2D eigenvalue weighted by Gasteiger charge is -2.35. The first kappa shape index (κ1) is 17.0. The van der Waals surface area contributed by atoms with E-state index in [2.05, 4.69) is 15.2 Å². The van der Waals surface area contributed by atoms with Gasteiger partial charge in [0.25, 0.3) is 0 Å². The van der Waals surface area contributed by atoms with E-state index in [0.29, 0.717) is 13.1 Å². The Morgan fingerprint density at radius 1 is 1.08 bits per heavy atom. The van der Waals surface area contributed by atoms with E-state index in [1.807, 2.05) is 32.6 Å². The Hall–Kier alpha value is -1.85. The van der Waals surface area contributed by atoms with Gasteiger partial charge in [-0.3, -0.25) is 0 Å². The first-order valence-corrected chi connectivity index (χ1v) is 9.02. The molecule has 0 aromatic carbocycles. The van der Waals surface area contributed by atoms with Crippen LogP contribution in [0, 0.1) is 6.92 Å². The minimum absolute atomic E-state index is 0.00156.